The lowest BCUT2D eigenvalue weighted by Crippen LogP contribution is -2.30. The summed E-state index contributed by atoms with van der Waals surface area (Å²) in [4.78, 5) is 6.93. The van der Waals surface area contributed by atoms with Gasteiger partial charge in [0.25, 0.3) is 0 Å². The first-order valence-electron chi connectivity index (χ1n) is 5.00. The van der Waals surface area contributed by atoms with Crippen molar-refractivity contribution in [1.29, 1.82) is 0 Å². The van der Waals surface area contributed by atoms with Gasteiger partial charge in [0.05, 0.1) is 13.2 Å². The highest BCUT2D eigenvalue weighted by Gasteiger charge is 2.23. The van der Waals surface area contributed by atoms with Crippen molar-refractivity contribution in [3.05, 3.63) is 0 Å². The number of hydrogen-bond donors (Lipinski definition) is 0. The summed E-state index contributed by atoms with van der Waals surface area (Å²) in [5, 5.41) is 2.89. The summed E-state index contributed by atoms with van der Waals surface area (Å²) in [6, 6.07) is 0. The van der Waals surface area contributed by atoms with Crippen LogP contribution in [0.5, 0.6) is 0 Å². The Bertz CT molecular complexity index is 217. The second-order valence-corrected chi connectivity index (χ2v) is 5.39. The largest absolute Gasteiger partial charge is 0.380 e. The predicted molar refractivity (Wildman–Crippen MR) is 64.5 cm³/mol. The Morgan fingerprint density at radius 1 is 1.50 bits per heavy atom. The van der Waals surface area contributed by atoms with Crippen molar-refractivity contribution >= 4 is 32.9 Å². The molecule has 1 atom stereocenters. The lowest BCUT2D eigenvalue weighted by atomic mass is 10.4. The third kappa shape index (κ3) is 2.64. The number of hydrogen-bond acceptors (Lipinski definition) is 4. The van der Waals surface area contributed by atoms with E-state index in [1.165, 1.54) is 5.17 Å². The molecule has 0 spiro atoms. The van der Waals surface area contributed by atoms with Crippen LogP contribution in [0.4, 0.5) is 0 Å². The van der Waals surface area contributed by atoms with Gasteiger partial charge in [0, 0.05) is 30.3 Å². The first-order chi connectivity index (χ1) is 6.90. The normalized spacial score (nSPS) is 28.8. The third-order valence-electron chi connectivity index (χ3n) is 2.37. The van der Waals surface area contributed by atoms with E-state index < -0.39 is 0 Å². The zero-order valence-electron chi connectivity index (χ0n) is 8.12. The van der Waals surface area contributed by atoms with E-state index in [-0.39, 0.29) is 0 Å². The van der Waals surface area contributed by atoms with Gasteiger partial charge in [-0.15, -0.1) is 0 Å². The molecule has 2 aliphatic rings. The highest BCUT2D eigenvalue weighted by atomic mass is 79.9. The van der Waals surface area contributed by atoms with Crippen LogP contribution < -0.4 is 0 Å². The van der Waals surface area contributed by atoms with Gasteiger partial charge in [-0.05, 0) is 6.42 Å². The van der Waals surface area contributed by atoms with Crippen molar-refractivity contribution in [3.63, 3.8) is 0 Å². The molecule has 80 valence electrons. The fourth-order valence-electron chi connectivity index (χ4n) is 1.60. The molecule has 0 aromatic heterocycles. The minimum absolute atomic E-state index is 0.633. The Balaban J connectivity index is 1.88. The van der Waals surface area contributed by atoms with E-state index in [0.717, 1.165) is 44.6 Å². The second-order valence-electron chi connectivity index (χ2n) is 3.47. The first kappa shape index (κ1) is 10.8. The van der Waals surface area contributed by atoms with Gasteiger partial charge in [-0.1, -0.05) is 27.7 Å². The van der Waals surface area contributed by atoms with Crippen LogP contribution in [0.1, 0.15) is 6.42 Å². The molecule has 0 saturated carbocycles. The minimum Gasteiger partial charge on any atom is -0.380 e. The monoisotopic (exact) mass is 278 g/mol. The summed E-state index contributed by atoms with van der Waals surface area (Å²) >= 11 is 5.41. The SMILES string of the molecule is BrCC1CN=C(N2CCCOCC2)S1. The summed E-state index contributed by atoms with van der Waals surface area (Å²) in [7, 11) is 0. The zero-order chi connectivity index (χ0) is 9.80. The molecule has 1 unspecified atom stereocenters. The number of thioether (sulfide) groups is 1. The van der Waals surface area contributed by atoms with E-state index in [9.17, 15) is 0 Å². The van der Waals surface area contributed by atoms with Crippen molar-refractivity contribution in [3.8, 4) is 0 Å². The minimum atomic E-state index is 0.633. The molecule has 14 heavy (non-hydrogen) atoms. The van der Waals surface area contributed by atoms with E-state index in [1.807, 2.05) is 11.8 Å². The molecule has 1 saturated heterocycles. The summed E-state index contributed by atoms with van der Waals surface area (Å²) in [6.07, 6.45) is 1.12. The number of halogens is 1. The zero-order valence-corrected chi connectivity index (χ0v) is 10.5. The average Bonchev–Trinajstić information content (AvgIpc) is 2.53. The maximum absolute atomic E-state index is 5.42. The Morgan fingerprint density at radius 2 is 2.43 bits per heavy atom. The van der Waals surface area contributed by atoms with E-state index in [0.29, 0.717) is 5.25 Å². The van der Waals surface area contributed by atoms with Crippen molar-refractivity contribution in [2.75, 3.05) is 38.2 Å². The predicted octanol–water partition coefficient (Wildman–Crippen LogP) is 1.57. The average molecular weight is 279 g/mol. The molecule has 0 bridgehead atoms. The molecule has 0 radical (unpaired) electrons. The third-order valence-corrected chi connectivity index (χ3v) is 4.82. The molecule has 1 fully saturated rings. The van der Waals surface area contributed by atoms with Crippen LogP contribution >= 0.6 is 27.7 Å². The van der Waals surface area contributed by atoms with Crippen LogP contribution in [0, 0.1) is 0 Å². The Morgan fingerprint density at radius 3 is 3.21 bits per heavy atom. The Kier molecular flexibility index (Phi) is 4.13. The summed E-state index contributed by atoms with van der Waals surface area (Å²) in [5.74, 6) is 0. The lowest BCUT2D eigenvalue weighted by Gasteiger charge is -2.20. The smallest absolute Gasteiger partial charge is 0.159 e. The molecule has 2 rings (SSSR count). The molecular formula is C9H15BrN2OS. The standard InChI is InChI=1S/C9H15BrN2OS/c10-6-8-7-11-9(14-8)12-2-1-4-13-5-3-12/h8H,1-7H2. The quantitative estimate of drug-likeness (QED) is 0.681. The molecule has 0 aromatic rings. The fraction of sp³-hybridized carbons (Fsp3) is 0.889. The molecule has 0 amide bonds. The second kappa shape index (κ2) is 5.37. The van der Waals surface area contributed by atoms with Gasteiger partial charge in [0.15, 0.2) is 5.17 Å². The molecule has 0 N–H and O–H groups in total. The maximum atomic E-state index is 5.42. The van der Waals surface area contributed by atoms with E-state index >= 15 is 0 Å². The number of aliphatic imine (C=N–C) groups is 1. The van der Waals surface area contributed by atoms with Crippen LogP contribution in [0.15, 0.2) is 4.99 Å². The number of nitrogens with zero attached hydrogens (tertiary/aromatic N) is 2. The molecule has 5 heteroatoms. The molecule has 2 aliphatic heterocycles. The first-order valence-corrected chi connectivity index (χ1v) is 7.00. The Labute approximate surface area is 97.4 Å². The van der Waals surface area contributed by atoms with Gasteiger partial charge in [0.2, 0.25) is 0 Å². The van der Waals surface area contributed by atoms with Crippen molar-refractivity contribution in [2.45, 2.75) is 11.7 Å². The Hall–Kier alpha value is 0.260. The number of amidine groups is 1. The van der Waals surface area contributed by atoms with Crippen molar-refractivity contribution < 1.29 is 4.74 Å². The van der Waals surface area contributed by atoms with E-state index in [1.54, 1.807) is 0 Å². The maximum Gasteiger partial charge on any atom is 0.159 e. The van der Waals surface area contributed by atoms with Gasteiger partial charge in [-0.2, -0.15) is 0 Å². The van der Waals surface area contributed by atoms with Crippen LogP contribution in [0.3, 0.4) is 0 Å². The molecule has 3 nitrogen and oxygen atoms in total. The highest BCUT2D eigenvalue weighted by Crippen LogP contribution is 2.25. The van der Waals surface area contributed by atoms with Crippen LogP contribution in [-0.2, 0) is 4.74 Å². The number of ether oxygens (including phenoxy) is 1. The molecule has 0 aliphatic carbocycles. The number of rotatable bonds is 1. The van der Waals surface area contributed by atoms with E-state index in [4.69, 9.17) is 4.74 Å². The lowest BCUT2D eigenvalue weighted by molar-refractivity contribution is 0.147. The summed E-state index contributed by atoms with van der Waals surface area (Å²) in [5.41, 5.74) is 0. The van der Waals surface area contributed by atoms with Gasteiger partial charge >= 0.3 is 0 Å². The van der Waals surface area contributed by atoms with Gasteiger partial charge in [0.1, 0.15) is 0 Å². The van der Waals surface area contributed by atoms with Gasteiger partial charge in [-0.3, -0.25) is 4.99 Å². The van der Waals surface area contributed by atoms with Crippen LogP contribution in [-0.4, -0.2) is 53.5 Å². The van der Waals surface area contributed by atoms with Gasteiger partial charge < -0.3 is 9.64 Å². The van der Waals surface area contributed by atoms with Crippen LogP contribution in [0.2, 0.25) is 0 Å². The van der Waals surface area contributed by atoms with E-state index in [2.05, 4.69) is 25.8 Å². The summed E-state index contributed by atoms with van der Waals surface area (Å²) < 4.78 is 5.42. The van der Waals surface area contributed by atoms with Crippen molar-refractivity contribution in [2.24, 2.45) is 4.99 Å². The molecular weight excluding hydrogens is 264 g/mol. The van der Waals surface area contributed by atoms with Crippen LogP contribution in [0.25, 0.3) is 0 Å². The number of alkyl halides is 1. The van der Waals surface area contributed by atoms with Gasteiger partial charge in [-0.25, -0.2) is 0 Å². The fourth-order valence-corrected chi connectivity index (χ4v) is 3.19. The molecule has 2 heterocycles. The van der Waals surface area contributed by atoms with Crippen molar-refractivity contribution in [1.82, 2.24) is 4.90 Å². The summed E-state index contributed by atoms with van der Waals surface area (Å²) in [6.45, 7) is 4.80. The topological polar surface area (TPSA) is 24.8 Å². The highest BCUT2D eigenvalue weighted by molar-refractivity contribution is 9.09. The molecule has 0 aromatic carbocycles.